The second kappa shape index (κ2) is 5.92. The molecule has 0 bridgehead atoms. The minimum absolute atomic E-state index is 0.0212. The zero-order valence-electron chi connectivity index (χ0n) is 11.0. The summed E-state index contributed by atoms with van der Waals surface area (Å²) in [6.07, 6.45) is 0. The number of nitrogens with one attached hydrogen (secondary N) is 1. The Bertz CT molecular complexity index is 623. The van der Waals surface area contributed by atoms with Gasteiger partial charge in [-0.15, -0.1) is 0 Å². The lowest BCUT2D eigenvalue weighted by Gasteiger charge is -2.23. The van der Waals surface area contributed by atoms with Gasteiger partial charge >= 0.3 is 0 Å². The smallest absolute Gasteiger partial charge is 0.129 e. The molecular weight excluding hydrogens is 277 g/mol. The number of hydrogen-bond donors (Lipinski definition) is 2. The first-order valence-electron chi connectivity index (χ1n) is 6.08. The summed E-state index contributed by atoms with van der Waals surface area (Å²) in [5.41, 5.74) is 7.36. The van der Waals surface area contributed by atoms with E-state index < -0.39 is 0 Å². The third-order valence-electron chi connectivity index (χ3n) is 3.06. The fraction of sp³-hybridized carbons (Fsp3) is 0.133. The van der Waals surface area contributed by atoms with Gasteiger partial charge in [-0.05, 0) is 24.3 Å². The van der Waals surface area contributed by atoms with E-state index in [1.807, 2.05) is 30.1 Å². The molecule has 0 aromatic heterocycles. The van der Waals surface area contributed by atoms with Gasteiger partial charge < -0.3 is 10.6 Å². The Morgan fingerprint density at radius 2 is 1.95 bits per heavy atom. The molecule has 3 N–H and O–H groups in total. The average Bonchev–Trinajstić information content (AvgIpc) is 2.43. The summed E-state index contributed by atoms with van der Waals surface area (Å²) in [6, 6.07) is 11.9. The van der Waals surface area contributed by atoms with E-state index in [1.54, 1.807) is 18.2 Å². The number of nitrogen functional groups attached to an aromatic ring is 1. The molecule has 0 amide bonds. The lowest BCUT2D eigenvalue weighted by molar-refractivity contribution is 0.608. The van der Waals surface area contributed by atoms with E-state index >= 15 is 0 Å². The summed E-state index contributed by atoms with van der Waals surface area (Å²) in [4.78, 5) is 1.82. The standard InChI is InChI=1S/C15H15ClFN3/c1-20(9-11-12(16)6-4-7-13(11)17)14-8-3-2-5-10(14)15(18)19/h2-8H,9H2,1H3,(H3,18,19). The number of benzene rings is 2. The average molecular weight is 292 g/mol. The van der Waals surface area contributed by atoms with Gasteiger partial charge in [0.25, 0.3) is 0 Å². The molecule has 0 radical (unpaired) electrons. The van der Waals surface area contributed by atoms with Crippen LogP contribution in [-0.2, 0) is 6.54 Å². The van der Waals surface area contributed by atoms with E-state index in [0.29, 0.717) is 22.7 Å². The highest BCUT2D eigenvalue weighted by molar-refractivity contribution is 6.31. The van der Waals surface area contributed by atoms with Crippen LogP contribution in [0.1, 0.15) is 11.1 Å². The molecule has 5 heteroatoms. The molecule has 104 valence electrons. The van der Waals surface area contributed by atoms with E-state index in [-0.39, 0.29) is 11.7 Å². The molecule has 0 saturated heterocycles. The van der Waals surface area contributed by atoms with E-state index in [1.165, 1.54) is 6.07 Å². The second-order valence-corrected chi connectivity index (χ2v) is 4.89. The number of halogens is 2. The van der Waals surface area contributed by atoms with Crippen LogP contribution < -0.4 is 10.6 Å². The second-order valence-electron chi connectivity index (χ2n) is 4.49. The van der Waals surface area contributed by atoms with Crippen molar-refractivity contribution in [2.24, 2.45) is 5.73 Å². The SMILES string of the molecule is CN(Cc1c(F)cccc1Cl)c1ccccc1C(=N)N. The Morgan fingerprint density at radius 1 is 1.25 bits per heavy atom. The molecule has 0 fully saturated rings. The first kappa shape index (κ1) is 14.3. The number of nitrogens with two attached hydrogens (primary N) is 1. The van der Waals surface area contributed by atoms with E-state index in [0.717, 1.165) is 5.69 Å². The normalized spacial score (nSPS) is 10.3. The molecule has 0 atom stereocenters. The molecule has 0 aliphatic heterocycles. The lowest BCUT2D eigenvalue weighted by atomic mass is 10.1. The summed E-state index contributed by atoms with van der Waals surface area (Å²) in [7, 11) is 1.81. The monoisotopic (exact) mass is 291 g/mol. The van der Waals surface area contributed by atoms with Crippen LogP contribution in [0.25, 0.3) is 0 Å². The Kier molecular flexibility index (Phi) is 4.25. The fourth-order valence-electron chi connectivity index (χ4n) is 2.04. The third-order valence-corrected chi connectivity index (χ3v) is 3.42. The highest BCUT2D eigenvalue weighted by Gasteiger charge is 2.13. The number of nitrogens with zero attached hydrogens (tertiary/aromatic N) is 1. The molecule has 2 rings (SSSR count). The third kappa shape index (κ3) is 2.91. The van der Waals surface area contributed by atoms with Crippen LogP contribution in [0.4, 0.5) is 10.1 Å². The van der Waals surface area contributed by atoms with Crippen LogP contribution in [0.2, 0.25) is 5.02 Å². The molecule has 0 spiro atoms. The van der Waals surface area contributed by atoms with E-state index in [9.17, 15) is 4.39 Å². The number of anilines is 1. The van der Waals surface area contributed by atoms with Gasteiger partial charge in [0.05, 0.1) is 0 Å². The van der Waals surface area contributed by atoms with Gasteiger partial charge in [0.2, 0.25) is 0 Å². The Labute approximate surface area is 122 Å². The zero-order chi connectivity index (χ0) is 14.7. The Hall–Kier alpha value is -2.07. The predicted molar refractivity (Wildman–Crippen MR) is 81.0 cm³/mol. The van der Waals surface area contributed by atoms with Crippen molar-refractivity contribution in [1.82, 2.24) is 0 Å². The summed E-state index contributed by atoms with van der Waals surface area (Å²) in [6.45, 7) is 0.301. The molecule has 0 aliphatic rings. The molecular formula is C15H15ClFN3. The van der Waals surface area contributed by atoms with Crippen molar-refractivity contribution in [3.05, 3.63) is 64.4 Å². The van der Waals surface area contributed by atoms with E-state index in [4.69, 9.17) is 22.7 Å². The number of amidine groups is 1. The summed E-state index contributed by atoms with van der Waals surface area (Å²) >= 11 is 6.03. The van der Waals surface area contributed by atoms with Crippen molar-refractivity contribution in [3.8, 4) is 0 Å². The topological polar surface area (TPSA) is 53.1 Å². The van der Waals surface area contributed by atoms with Gasteiger partial charge in [0.1, 0.15) is 11.7 Å². The Balaban J connectivity index is 2.34. The van der Waals surface area contributed by atoms with Crippen molar-refractivity contribution in [3.63, 3.8) is 0 Å². The Morgan fingerprint density at radius 3 is 2.60 bits per heavy atom. The fourth-order valence-corrected chi connectivity index (χ4v) is 2.26. The van der Waals surface area contributed by atoms with Crippen molar-refractivity contribution in [1.29, 1.82) is 5.41 Å². The highest BCUT2D eigenvalue weighted by atomic mass is 35.5. The molecule has 0 unspecified atom stereocenters. The quantitative estimate of drug-likeness (QED) is 0.670. The minimum atomic E-state index is -0.343. The van der Waals surface area contributed by atoms with Crippen molar-refractivity contribution in [2.45, 2.75) is 6.54 Å². The molecule has 3 nitrogen and oxygen atoms in total. The summed E-state index contributed by atoms with van der Waals surface area (Å²) < 4.78 is 13.8. The van der Waals surface area contributed by atoms with Gasteiger partial charge in [-0.25, -0.2) is 4.39 Å². The van der Waals surface area contributed by atoms with Gasteiger partial charge in [0, 0.05) is 35.4 Å². The van der Waals surface area contributed by atoms with Crippen LogP contribution in [0.3, 0.4) is 0 Å². The summed E-state index contributed by atoms with van der Waals surface area (Å²) in [5.74, 6) is -0.364. The van der Waals surface area contributed by atoms with Crippen LogP contribution in [0.15, 0.2) is 42.5 Å². The van der Waals surface area contributed by atoms with E-state index in [2.05, 4.69) is 0 Å². The van der Waals surface area contributed by atoms with Gasteiger partial charge in [-0.1, -0.05) is 29.8 Å². The molecule has 20 heavy (non-hydrogen) atoms. The first-order chi connectivity index (χ1) is 9.50. The van der Waals surface area contributed by atoms with Crippen LogP contribution in [0.5, 0.6) is 0 Å². The van der Waals surface area contributed by atoms with Crippen LogP contribution in [-0.4, -0.2) is 12.9 Å². The number of rotatable bonds is 4. The van der Waals surface area contributed by atoms with Crippen LogP contribution in [0, 0.1) is 11.2 Å². The lowest BCUT2D eigenvalue weighted by Crippen LogP contribution is -2.22. The molecule has 2 aromatic carbocycles. The predicted octanol–water partition coefficient (Wildman–Crippen LogP) is 3.40. The first-order valence-corrected chi connectivity index (χ1v) is 6.46. The largest absolute Gasteiger partial charge is 0.384 e. The highest BCUT2D eigenvalue weighted by Crippen LogP contribution is 2.25. The maximum atomic E-state index is 13.8. The van der Waals surface area contributed by atoms with Crippen molar-refractivity contribution in [2.75, 3.05) is 11.9 Å². The molecule has 0 heterocycles. The minimum Gasteiger partial charge on any atom is -0.384 e. The summed E-state index contributed by atoms with van der Waals surface area (Å²) in [5, 5.41) is 7.97. The van der Waals surface area contributed by atoms with Gasteiger partial charge in [-0.3, -0.25) is 5.41 Å². The maximum Gasteiger partial charge on any atom is 0.129 e. The van der Waals surface area contributed by atoms with Gasteiger partial charge in [-0.2, -0.15) is 0 Å². The molecule has 0 saturated carbocycles. The molecule has 0 aliphatic carbocycles. The number of para-hydroxylation sites is 1. The van der Waals surface area contributed by atoms with Crippen molar-refractivity contribution < 1.29 is 4.39 Å². The zero-order valence-corrected chi connectivity index (χ0v) is 11.8. The van der Waals surface area contributed by atoms with Crippen LogP contribution >= 0.6 is 11.6 Å². The molecule has 2 aromatic rings. The number of hydrogen-bond acceptors (Lipinski definition) is 2. The maximum absolute atomic E-state index is 13.8. The van der Waals surface area contributed by atoms with Gasteiger partial charge in [0.15, 0.2) is 0 Å². The van der Waals surface area contributed by atoms with Crippen molar-refractivity contribution >= 4 is 23.1 Å².